The Hall–Kier alpha value is -1.75. The summed E-state index contributed by atoms with van der Waals surface area (Å²) in [5.74, 6) is 0.972. The number of amides is 1. The van der Waals surface area contributed by atoms with Crippen LogP contribution in [-0.4, -0.2) is 44.2 Å². The first-order valence-electron chi connectivity index (χ1n) is 6.67. The van der Waals surface area contributed by atoms with E-state index in [1.807, 2.05) is 30.1 Å². The molecular weight excluding hydrogens is 242 g/mol. The summed E-state index contributed by atoms with van der Waals surface area (Å²) in [6, 6.07) is 8.03. The molecule has 0 radical (unpaired) electrons. The van der Waals surface area contributed by atoms with E-state index in [0.29, 0.717) is 6.42 Å². The molecule has 1 heterocycles. The number of para-hydroxylation sites is 2. The van der Waals surface area contributed by atoms with Gasteiger partial charge in [-0.15, -0.1) is 0 Å². The van der Waals surface area contributed by atoms with Crippen LogP contribution >= 0.6 is 0 Å². The Morgan fingerprint density at radius 3 is 2.58 bits per heavy atom. The zero-order valence-electron chi connectivity index (χ0n) is 11.6. The molecule has 104 valence electrons. The van der Waals surface area contributed by atoms with Gasteiger partial charge >= 0.3 is 0 Å². The lowest BCUT2D eigenvalue weighted by molar-refractivity contribution is -0.125. The highest BCUT2D eigenvalue weighted by Gasteiger charge is 2.20. The summed E-state index contributed by atoms with van der Waals surface area (Å²) in [6.45, 7) is 5.27. The molecule has 0 unspecified atom stereocenters. The quantitative estimate of drug-likeness (QED) is 0.888. The van der Waals surface area contributed by atoms with Crippen molar-refractivity contribution in [1.29, 1.82) is 0 Å². The molecule has 5 heteroatoms. The summed E-state index contributed by atoms with van der Waals surface area (Å²) >= 11 is 0. The van der Waals surface area contributed by atoms with Crippen molar-refractivity contribution < 1.29 is 9.53 Å². The molecular formula is C14H21N3O2. The van der Waals surface area contributed by atoms with Gasteiger partial charge in [-0.25, -0.2) is 5.01 Å². The van der Waals surface area contributed by atoms with Crippen LogP contribution in [0, 0.1) is 0 Å². The number of nitrogens with zero attached hydrogens (tertiary/aromatic N) is 2. The van der Waals surface area contributed by atoms with Crippen molar-refractivity contribution in [1.82, 2.24) is 10.4 Å². The minimum Gasteiger partial charge on any atom is -0.495 e. The normalized spacial score (nSPS) is 16.2. The maximum Gasteiger partial charge on any atom is 0.233 e. The fraction of sp³-hybridized carbons (Fsp3) is 0.500. The van der Waals surface area contributed by atoms with E-state index in [0.717, 1.165) is 37.6 Å². The molecule has 2 rings (SSSR count). The van der Waals surface area contributed by atoms with E-state index in [4.69, 9.17) is 4.74 Å². The number of methoxy groups -OCH3 is 1. The standard InChI is InChI=1S/C14H21N3O2/c1-3-14(18)15-17-10-8-16(9-11-17)12-6-4-5-7-13(12)19-2/h4-7H,3,8-11H2,1-2H3,(H,15,18). The van der Waals surface area contributed by atoms with Crippen molar-refractivity contribution in [3.63, 3.8) is 0 Å². The molecule has 19 heavy (non-hydrogen) atoms. The van der Waals surface area contributed by atoms with E-state index >= 15 is 0 Å². The summed E-state index contributed by atoms with van der Waals surface area (Å²) in [4.78, 5) is 13.6. The summed E-state index contributed by atoms with van der Waals surface area (Å²) in [6.07, 6.45) is 0.521. The molecule has 1 fully saturated rings. The van der Waals surface area contributed by atoms with E-state index < -0.39 is 0 Å². The van der Waals surface area contributed by atoms with Gasteiger partial charge in [0.05, 0.1) is 12.8 Å². The Labute approximate surface area is 114 Å². The number of benzene rings is 1. The topological polar surface area (TPSA) is 44.8 Å². The summed E-state index contributed by atoms with van der Waals surface area (Å²) in [7, 11) is 1.69. The third-order valence-electron chi connectivity index (χ3n) is 3.31. The molecule has 1 aromatic carbocycles. The fourth-order valence-electron chi connectivity index (χ4n) is 2.21. The van der Waals surface area contributed by atoms with E-state index in [9.17, 15) is 4.79 Å². The number of nitrogens with one attached hydrogen (secondary N) is 1. The second-order valence-corrected chi connectivity index (χ2v) is 4.53. The molecule has 1 aromatic rings. The number of anilines is 1. The first kappa shape index (κ1) is 13.7. The zero-order chi connectivity index (χ0) is 13.7. The van der Waals surface area contributed by atoms with Gasteiger partial charge in [0.25, 0.3) is 0 Å². The molecule has 1 aliphatic rings. The molecule has 1 aliphatic heterocycles. The van der Waals surface area contributed by atoms with Crippen molar-refractivity contribution in [3.05, 3.63) is 24.3 Å². The van der Waals surface area contributed by atoms with Crippen LogP contribution in [0.25, 0.3) is 0 Å². The largest absolute Gasteiger partial charge is 0.495 e. The van der Waals surface area contributed by atoms with Crippen molar-refractivity contribution in [2.24, 2.45) is 0 Å². The SMILES string of the molecule is CCC(=O)NN1CCN(c2ccccc2OC)CC1. The monoisotopic (exact) mass is 263 g/mol. The molecule has 0 spiro atoms. The highest BCUT2D eigenvalue weighted by atomic mass is 16.5. The van der Waals surface area contributed by atoms with Crippen LogP contribution in [0.2, 0.25) is 0 Å². The van der Waals surface area contributed by atoms with Crippen LogP contribution in [-0.2, 0) is 4.79 Å². The second kappa shape index (κ2) is 6.43. The van der Waals surface area contributed by atoms with E-state index in [1.54, 1.807) is 7.11 Å². The molecule has 5 nitrogen and oxygen atoms in total. The van der Waals surface area contributed by atoms with Gasteiger partial charge in [-0.05, 0) is 12.1 Å². The maximum atomic E-state index is 11.3. The predicted molar refractivity (Wildman–Crippen MR) is 75.2 cm³/mol. The van der Waals surface area contributed by atoms with Crippen LogP contribution < -0.4 is 15.1 Å². The average Bonchev–Trinajstić information content (AvgIpc) is 2.48. The van der Waals surface area contributed by atoms with Crippen molar-refractivity contribution >= 4 is 11.6 Å². The zero-order valence-corrected chi connectivity index (χ0v) is 11.6. The van der Waals surface area contributed by atoms with Crippen LogP contribution in [0.15, 0.2) is 24.3 Å². The third kappa shape index (κ3) is 3.38. The molecule has 1 amide bonds. The second-order valence-electron chi connectivity index (χ2n) is 4.53. The minimum atomic E-state index is 0.0748. The number of carbonyl (C=O) groups excluding carboxylic acids is 1. The van der Waals surface area contributed by atoms with Gasteiger partial charge in [-0.1, -0.05) is 19.1 Å². The lowest BCUT2D eigenvalue weighted by atomic mass is 10.2. The lowest BCUT2D eigenvalue weighted by Gasteiger charge is -2.36. The van der Waals surface area contributed by atoms with Gasteiger partial charge < -0.3 is 9.64 Å². The Kier molecular flexibility index (Phi) is 4.63. The van der Waals surface area contributed by atoms with Gasteiger partial charge in [0.15, 0.2) is 0 Å². The Morgan fingerprint density at radius 2 is 1.95 bits per heavy atom. The van der Waals surface area contributed by atoms with Crippen LogP contribution in [0.5, 0.6) is 5.75 Å². The number of carbonyl (C=O) groups is 1. The van der Waals surface area contributed by atoms with Crippen LogP contribution in [0.3, 0.4) is 0 Å². The Morgan fingerprint density at radius 1 is 1.26 bits per heavy atom. The molecule has 1 N–H and O–H groups in total. The number of hydrazine groups is 1. The number of ether oxygens (including phenoxy) is 1. The first-order valence-corrected chi connectivity index (χ1v) is 6.67. The Bertz CT molecular complexity index is 428. The highest BCUT2D eigenvalue weighted by Crippen LogP contribution is 2.28. The average molecular weight is 263 g/mol. The summed E-state index contributed by atoms with van der Waals surface area (Å²) in [5, 5.41) is 1.98. The van der Waals surface area contributed by atoms with Gasteiger partial charge in [0.2, 0.25) is 5.91 Å². The number of hydrogen-bond acceptors (Lipinski definition) is 4. The summed E-state index contributed by atoms with van der Waals surface area (Å²) in [5.41, 5.74) is 4.02. The molecule has 0 atom stereocenters. The predicted octanol–water partition coefficient (Wildman–Crippen LogP) is 1.26. The van der Waals surface area contributed by atoms with Gasteiger partial charge in [-0.2, -0.15) is 0 Å². The van der Waals surface area contributed by atoms with E-state index in [1.165, 1.54) is 0 Å². The smallest absolute Gasteiger partial charge is 0.233 e. The fourth-order valence-corrected chi connectivity index (χ4v) is 2.21. The van der Waals surface area contributed by atoms with Crippen molar-refractivity contribution in [2.45, 2.75) is 13.3 Å². The van der Waals surface area contributed by atoms with E-state index in [-0.39, 0.29) is 5.91 Å². The minimum absolute atomic E-state index is 0.0748. The summed E-state index contributed by atoms with van der Waals surface area (Å²) < 4.78 is 5.38. The molecule has 0 bridgehead atoms. The molecule has 0 saturated carbocycles. The Balaban J connectivity index is 1.94. The van der Waals surface area contributed by atoms with Crippen LogP contribution in [0.4, 0.5) is 5.69 Å². The number of rotatable bonds is 4. The lowest BCUT2D eigenvalue weighted by Crippen LogP contribution is -2.53. The third-order valence-corrected chi connectivity index (χ3v) is 3.31. The molecule has 0 aliphatic carbocycles. The van der Waals surface area contributed by atoms with Gasteiger partial charge in [-0.3, -0.25) is 10.2 Å². The molecule has 1 saturated heterocycles. The molecule has 0 aromatic heterocycles. The van der Waals surface area contributed by atoms with Crippen molar-refractivity contribution in [2.75, 3.05) is 38.2 Å². The van der Waals surface area contributed by atoms with Crippen LogP contribution in [0.1, 0.15) is 13.3 Å². The maximum absolute atomic E-state index is 11.3. The van der Waals surface area contributed by atoms with Gasteiger partial charge in [0.1, 0.15) is 5.75 Å². The van der Waals surface area contributed by atoms with E-state index in [2.05, 4.69) is 16.4 Å². The van der Waals surface area contributed by atoms with Gasteiger partial charge in [0, 0.05) is 32.6 Å². The first-order chi connectivity index (χ1) is 9.24. The number of hydrogen-bond donors (Lipinski definition) is 1. The van der Waals surface area contributed by atoms with Crippen molar-refractivity contribution in [3.8, 4) is 5.75 Å². The number of piperazine rings is 1. The highest BCUT2D eigenvalue weighted by molar-refractivity contribution is 5.74.